The molecule has 0 amide bonds. The van der Waals surface area contributed by atoms with Gasteiger partial charge in [0.15, 0.2) is 0 Å². The molecule has 0 bridgehead atoms. The molecule has 1 aromatic carbocycles. The van der Waals surface area contributed by atoms with Gasteiger partial charge in [-0.2, -0.15) is 5.26 Å². The number of aromatic nitrogens is 1. The van der Waals surface area contributed by atoms with Crippen molar-refractivity contribution in [3.8, 4) is 6.07 Å². The first-order valence-electron chi connectivity index (χ1n) is 4.44. The van der Waals surface area contributed by atoms with Crippen LogP contribution in [0.1, 0.15) is 18.2 Å². The van der Waals surface area contributed by atoms with Crippen LogP contribution in [-0.4, -0.2) is 10.1 Å². The molecule has 3 heteroatoms. The molecule has 2 N–H and O–H groups in total. The maximum Gasteiger partial charge on any atom is 0.107 e. The number of hydrogen-bond donors (Lipinski definition) is 2. The molecule has 3 nitrogen and oxygen atoms in total. The molecule has 1 atom stereocenters. The van der Waals surface area contributed by atoms with Gasteiger partial charge in [0.05, 0.1) is 12.5 Å². The lowest BCUT2D eigenvalue weighted by atomic mass is 10.2. The fourth-order valence-corrected chi connectivity index (χ4v) is 1.47. The molecule has 1 aromatic heterocycles. The number of nitrogens with one attached hydrogen (secondary N) is 1. The van der Waals surface area contributed by atoms with Crippen LogP contribution in [0.3, 0.4) is 0 Å². The van der Waals surface area contributed by atoms with E-state index in [4.69, 9.17) is 5.26 Å². The summed E-state index contributed by atoms with van der Waals surface area (Å²) in [4.78, 5) is 3.08. The zero-order chi connectivity index (χ0) is 9.97. The summed E-state index contributed by atoms with van der Waals surface area (Å²) >= 11 is 0. The number of hydrogen-bond acceptors (Lipinski definition) is 2. The lowest BCUT2D eigenvalue weighted by Crippen LogP contribution is -1.95. The summed E-state index contributed by atoms with van der Waals surface area (Å²) in [6.07, 6.45) is -0.597. The Morgan fingerprint density at radius 1 is 1.43 bits per heavy atom. The van der Waals surface area contributed by atoms with Crippen molar-refractivity contribution in [2.24, 2.45) is 0 Å². The highest BCUT2D eigenvalue weighted by atomic mass is 16.3. The number of rotatable bonds is 2. The summed E-state index contributed by atoms with van der Waals surface area (Å²) < 4.78 is 0. The minimum absolute atomic E-state index is 0.118. The van der Waals surface area contributed by atoms with Crippen molar-refractivity contribution in [1.29, 1.82) is 5.26 Å². The number of benzene rings is 1. The molecule has 0 aliphatic heterocycles. The van der Waals surface area contributed by atoms with Crippen LogP contribution in [0, 0.1) is 11.3 Å². The molecule has 2 rings (SSSR count). The predicted molar refractivity (Wildman–Crippen MR) is 53.5 cm³/mol. The van der Waals surface area contributed by atoms with Crippen LogP contribution in [0.2, 0.25) is 0 Å². The summed E-state index contributed by atoms with van der Waals surface area (Å²) in [5, 5.41) is 19.1. The van der Waals surface area contributed by atoms with E-state index in [1.807, 2.05) is 36.4 Å². The molecule has 1 unspecified atom stereocenters. The van der Waals surface area contributed by atoms with Gasteiger partial charge in [-0.15, -0.1) is 0 Å². The number of nitrogens with zero attached hydrogens (tertiary/aromatic N) is 1. The summed E-state index contributed by atoms with van der Waals surface area (Å²) in [6.45, 7) is 0. The third-order valence-electron chi connectivity index (χ3n) is 2.19. The minimum Gasteiger partial charge on any atom is -0.386 e. The van der Waals surface area contributed by atoms with Gasteiger partial charge in [-0.3, -0.25) is 0 Å². The second kappa shape index (κ2) is 3.52. The van der Waals surface area contributed by atoms with Gasteiger partial charge in [-0.1, -0.05) is 18.2 Å². The fraction of sp³-hybridized carbons (Fsp3) is 0.182. The average molecular weight is 186 g/mol. The van der Waals surface area contributed by atoms with Crippen molar-refractivity contribution in [2.75, 3.05) is 0 Å². The van der Waals surface area contributed by atoms with Gasteiger partial charge in [0.2, 0.25) is 0 Å². The van der Waals surface area contributed by atoms with E-state index in [9.17, 15) is 5.11 Å². The summed E-state index contributed by atoms with van der Waals surface area (Å²) in [6, 6.07) is 11.6. The van der Waals surface area contributed by atoms with E-state index in [0.717, 1.165) is 10.9 Å². The Kier molecular flexibility index (Phi) is 2.21. The van der Waals surface area contributed by atoms with Crippen molar-refractivity contribution >= 4 is 10.9 Å². The molecule has 1 heterocycles. The quantitative estimate of drug-likeness (QED) is 0.754. The average Bonchev–Trinajstić information content (AvgIpc) is 2.61. The number of H-pyrrole nitrogens is 1. The Morgan fingerprint density at radius 3 is 2.93 bits per heavy atom. The zero-order valence-electron chi connectivity index (χ0n) is 7.57. The molecule has 0 fully saturated rings. The van der Waals surface area contributed by atoms with Gasteiger partial charge in [-0.05, 0) is 17.5 Å². The number of para-hydroxylation sites is 1. The molecule has 2 aromatic rings. The Hall–Kier alpha value is -1.79. The number of fused-ring (bicyclic) bond motifs is 1. The molecule has 0 saturated heterocycles. The summed E-state index contributed by atoms with van der Waals surface area (Å²) in [7, 11) is 0. The first-order valence-corrected chi connectivity index (χ1v) is 4.44. The highest BCUT2D eigenvalue weighted by molar-refractivity contribution is 5.80. The van der Waals surface area contributed by atoms with Gasteiger partial charge in [0.25, 0.3) is 0 Å². The minimum atomic E-state index is -0.715. The predicted octanol–water partition coefficient (Wildman–Crippen LogP) is 2.11. The largest absolute Gasteiger partial charge is 0.386 e. The molecule has 0 spiro atoms. The molecule has 70 valence electrons. The van der Waals surface area contributed by atoms with Crippen molar-refractivity contribution in [3.63, 3.8) is 0 Å². The first-order chi connectivity index (χ1) is 6.81. The molecular formula is C11H10N2O. The van der Waals surface area contributed by atoms with Crippen LogP contribution in [0.4, 0.5) is 0 Å². The smallest absolute Gasteiger partial charge is 0.107 e. The molecule has 0 aliphatic carbocycles. The van der Waals surface area contributed by atoms with Gasteiger partial charge in [0.1, 0.15) is 6.10 Å². The third-order valence-corrected chi connectivity index (χ3v) is 2.19. The van der Waals surface area contributed by atoms with Crippen LogP contribution in [0.25, 0.3) is 10.9 Å². The van der Waals surface area contributed by atoms with E-state index < -0.39 is 6.10 Å². The Balaban J connectivity index is 2.41. The van der Waals surface area contributed by atoms with Crippen molar-refractivity contribution in [3.05, 3.63) is 36.0 Å². The normalized spacial score (nSPS) is 12.6. The molecule has 0 saturated carbocycles. The van der Waals surface area contributed by atoms with Crippen LogP contribution in [0.5, 0.6) is 0 Å². The van der Waals surface area contributed by atoms with E-state index in [2.05, 4.69) is 4.98 Å². The lowest BCUT2D eigenvalue weighted by molar-refractivity contribution is 0.179. The Morgan fingerprint density at radius 2 is 2.21 bits per heavy atom. The van der Waals surface area contributed by atoms with Crippen LogP contribution in [-0.2, 0) is 0 Å². The van der Waals surface area contributed by atoms with Crippen molar-refractivity contribution in [2.45, 2.75) is 12.5 Å². The molecular weight excluding hydrogens is 176 g/mol. The van der Waals surface area contributed by atoms with Crippen molar-refractivity contribution < 1.29 is 5.11 Å². The second-order valence-electron chi connectivity index (χ2n) is 3.19. The first kappa shape index (κ1) is 8.79. The lowest BCUT2D eigenvalue weighted by Gasteiger charge is -2.01. The van der Waals surface area contributed by atoms with Crippen molar-refractivity contribution in [1.82, 2.24) is 4.98 Å². The summed E-state index contributed by atoms with van der Waals surface area (Å²) in [5.41, 5.74) is 1.69. The van der Waals surface area contributed by atoms with E-state index >= 15 is 0 Å². The maximum atomic E-state index is 9.57. The maximum absolute atomic E-state index is 9.57. The van der Waals surface area contributed by atoms with Gasteiger partial charge in [0, 0.05) is 11.2 Å². The second-order valence-corrected chi connectivity index (χ2v) is 3.19. The number of aromatic amines is 1. The van der Waals surface area contributed by atoms with E-state index in [1.165, 1.54) is 0 Å². The van der Waals surface area contributed by atoms with Crippen LogP contribution >= 0.6 is 0 Å². The van der Waals surface area contributed by atoms with E-state index in [-0.39, 0.29) is 6.42 Å². The fourth-order valence-electron chi connectivity index (χ4n) is 1.47. The molecule has 0 radical (unpaired) electrons. The monoisotopic (exact) mass is 186 g/mol. The zero-order valence-corrected chi connectivity index (χ0v) is 7.57. The van der Waals surface area contributed by atoms with Crippen LogP contribution in [0.15, 0.2) is 30.3 Å². The van der Waals surface area contributed by atoms with Gasteiger partial charge in [-0.25, -0.2) is 0 Å². The summed E-state index contributed by atoms with van der Waals surface area (Å²) in [5.74, 6) is 0. The number of nitriles is 1. The van der Waals surface area contributed by atoms with Crippen LogP contribution < -0.4 is 0 Å². The highest BCUT2D eigenvalue weighted by Gasteiger charge is 2.09. The Bertz CT molecular complexity index is 448. The number of aliphatic hydroxyl groups is 1. The highest BCUT2D eigenvalue weighted by Crippen LogP contribution is 2.21. The SMILES string of the molecule is N#CCC(O)c1cc2ccccc2[nH]1. The van der Waals surface area contributed by atoms with E-state index in [0.29, 0.717) is 5.69 Å². The third kappa shape index (κ3) is 1.48. The Labute approximate surface area is 81.6 Å². The molecule has 14 heavy (non-hydrogen) atoms. The van der Waals surface area contributed by atoms with Gasteiger partial charge < -0.3 is 10.1 Å². The van der Waals surface area contributed by atoms with E-state index in [1.54, 1.807) is 0 Å². The van der Waals surface area contributed by atoms with Gasteiger partial charge >= 0.3 is 0 Å². The molecule has 0 aliphatic rings. The standard InChI is InChI=1S/C11H10N2O/c12-6-5-11(14)10-7-8-3-1-2-4-9(8)13-10/h1-4,7,11,13-14H,5H2. The number of aliphatic hydroxyl groups excluding tert-OH is 1. The topological polar surface area (TPSA) is 59.8 Å².